The number of nitrogens with zero attached hydrogens (tertiary/aromatic N) is 2. The second-order valence-corrected chi connectivity index (χ2v) is 7.54. The van der Waals surface area contributed by atoms with Gasteiger partial charge in [-0.05, 0) is 43.0 Å². The quantitative estimate of drug-likeness (QED) is 0.461. The van der Waals surface area contributed by atoms with Gasteiger partial charge in [-0.1, -0.05) is 48.5 Å². The van der Waals surface area contributed by atoms with E-state index >= 15 is 0 Å². The molecule has 0 aliphatic rings. The molecule has 0 aliphatic carbocycles. The summed E-state index contributed by atoms with van der Waals surface area (Å²) in [6.07, 6.45) is 1.69. The molecule has 0 radical (unpaired) electrons. The van der Waals surface area contributed by atoms with Crippen molar-refractivity contribution < 1.29 is 19.4 Å². The van der Waals surface area contributed by atoms with Gasteiger partial charge in [0.1, 0.15) is 6.61 Å². The van der Waals surface area contributed by atoms with E-state index < -0.39 is 5.97 Å². The Morgan fingerprint density at radius 1 is 1.09 bits per heavy atom. The molecule has 0 fully saturated rings. The summed E-state index contributed by atoms with van der Waals surface area (Å²) in [4.78, 5) is 19.6. The fourth-order valence-corrected chi connectivity index (χ4v) is 3.36. The standard InChI is InChI=1S/C25H29N3O4/c1-4-31-24-21(14-26-17(2)13-23(29)30)15-27-25(28-24)32-16-20-11-8-12-22(18(20)3)19-9-6-5-7-10-19/h5-12,15,17,26H,4,13-14,16H2,1-3H3,(H,29,30)/t17-/m0/s1. The minimum absolute atomic E-state index is 0.0351. The molecule has 0 saturated carbocycles. The van der Waals surface area contributed by atoms with Crippen LogP contribution in [0.15, 0.2) is 54.7 Å². The second-order valence-electron chi connectivity index (χ2n) is 7.54. The number of hydrogen-bond donors (Lipinski definition) is 2. The minimum Gasteiger partial charge on any atom is -0.481 e. The molecular weight excluding hydrogens is 406 g/mol. The molecule has 1 aromatic heterocycles. The summed E-state index contributed by atoms with van der Waals surface area (Å²) in [6, 6.07) is 16.5. The molecule has 0 bridgehead atoms. The van der Waals surface area contributed by atoms with Crippen molar-refractivity contribution in [1.82, 2.24) is 15.3 Å². The third kappa shape index (κ3) is 6.28. The zero-order chi connectivity index (χ0) is 22.9. The van der Waals surface area contributed by atoms with Gasteiger partial charge in [-0.2, -0.15) is 4.98 Å². The third-order valence-electron chi connectivity index (χ3n) is 5.09. The first kappa shape index (κ1) is 23.2. The van der Waals surface area contributed by atoms with Gasteiger partial charge in [0.2, 0.25) is 5.88 Å². The molecule has 2 N–H and O–H groups in total. The van der Waals surface area contributed by atoms with Crippen molar-refractivity contribution in [3.8, 4) is 23.0 Å². The summed E-state index contributed by atoms with van der Waals surface area (Å²) in [5.74, 6) is -0.413. The number of hydrogen-bond acceptors (Lipinski definition) is 6. The summed E-state index contributed by atoms with van der Waals surface area (Å²) in [6.45, 7) is 6.98. The Hall–Kier alpha value is -3.45. The van der Waals surface area contributed by atoms with Crippen LogP contribution in [0.1, 0.15) is 37.0 Å². The van der Waals surface area contributed by atoms with E-state index in [1.54, 1.807) is 6.20 Å². The normalized spacial score (nSPS) is 11.7. The molecule has 3 aromatic rings. The van der Waals surface area contributed by atoms with Crippen LogP contribution in [0.3, 0.4) is 0 Å². The zero-order valence-electron chi connectivity index (χ0n) is 18.7. The van der Waals surface area contributed by atoms with Crippen LogP contribution in [0, 0.1) is 6.92 Å². The zero-order valence-corrected chi connectivity index (χ0v) is 18.7. The Morgan fingerprint density at radius 3 is 2.59 bits per heavy atom. The maximum atomic E-state index is 10.8. The topological polar surface area (TPSA) is 93.6 Å². The van der Waals surface area contributed by atoms with Crippen LogP contribution < -0.4 is 14.8 Å². The lowest BCUT2D eigenvalue weighted by Gasteiger charge is -2.15. The lowest BCUT2D eigenvalue weighted by Crippen LogP contribution is -2.28. The lowest BCUT2D eigenvalue weighted by atomic mass is 9.97. The van der Waals surface area contributed by atoms with Crippen molar-refractivity contribution in [3.63, 3.8) is 0 Å². The van der Waals surface area contributed by atoms with Crippen LogP contribution in [-0.2, 0) is 17.9 Å². The summed E-state index contributed by atoms with van der Waals surface area (Å²) < 4.78 is 11.5. The van der Waals surface area contributed by atoms with E-state index in [1.165, 1.54) is 5.56 Å². The van der Waals surface area contributed by atoms with Gasteiger partial charge in [0, 0.05) is 24.3 Å². The number of carbonyl (C=O) groups is 1. The van der Waals surface area contributed by atoms with Crippen LogP contribution >= 0.6 is 0 Å². The van der Waals surface area contributed by atoms with Gasteiger partial charge in [0.15, 0.2) is 0 Å². The van der Waals surface area contributed by atoms with Crippen molar-refractivity contribution in [2.24, 2.45) is 0 Å². The summed E-state index contributed by atoms with van der Waals surface area (Å²) >= 11 is 0. The average molecular weight is 436 g/mol. The van der Waals surface area contributed by atoms with E-state index in [9.17, 15) is 4.79 Å². The number of carboxylic acids is 1. The Morgan fingerprint density at radius 2 is 1.88 bits per heavy atom. The predicted octanol–water partition coefficient (Wildman–Crippen LogP) is 4.38. The maximum absolute atomic E-state index is 10.8. The molecule has 0 saturated heterocycles. The van der Waals surface area contributed by atoms with Gasteiger partial charge < -0.3 is 19.9 Å². The third-order valence-corrected chi connectivity index (χ3v) is 5.09. The Bertz CT molecular complexity index is 1040. The number of nitrogens with one attached hydrogen (secondary N) is 1. The first-order chi connectivity index (χ1) is 15.5. The summed E-state index contributed by atoms with van der Waals surface area (Å²) in [5.41, 5.74) is 5.28. The molecule has 3 rings (SSSR count). The van der Waals surface area contributed by atoms with E-state index in [1.807, 2.05) is 44.2 Å². The Kier molecular flexibility index (Phi) is 8.16. The van der Waals surface area contributed by atoms with E-state index in [0.717, 1.165) is 22.3 Å². The van der Waals surface area contributed by atoms with Gasteiger partial charge in [-0.3, -0.25) is 4.79 Å². The van der Waals surface area contributed by atoms with Gasteiger partial charge in [0.25, 0.3) is 0 Å². The summed E-state index contributed by atoms with van der Waals surface area (Å²) in [5, 5.41) is 12.1. The van der Waals surface area contributed by atoms with Crippen LogP contribution in [-0.4, -0.2) is 33.7 Å². The first-order valence-electron chi connectivity index (χ1n) is 10.7. The molecule has 7 heteroatoms. The molecule has 2 aromatic carbocycles. The number of benzene rings is 2. The van der Waals surface area contributed by atoms with E-state index in [-0.39, 0.29) is 18.5 Å². The molecule has 0 unspecified atom stereocenters. The van der Waals surface area contributed by atoms with E-state index in [0.29, 0.717) is 25.6 Å². The van der Waals surface area contributed by atoms with Crippen molar-refractivity contribution >= 4 is 5.97 Å². The number of rotatable bonds is 11. The van der Waals surface area contributed by atoms with E-state index in [2.05, 4.69) is 40.4 Å². The Labute approximate surface area is 188 Å². The molecule has 0 aliphatic heterocycles. The molecule has 0 amide bonds. The summed E-state index contributed by atoms with van der Waals surface area (Å²) in [7, 11) is 0. The molecule has 1 atom stereocenters. The number of ether oxygens (including phenoxy) is 2. The van der Waals surface area contributed by atoms with Crippen LogP contribution in [0.4, 0.5) is 0 Å². The number of carboxylic acid groups (broad SMARTS) is 1. The van der Waals surface area contributed by atoms with Gasteiger partial charge in [0.05, 0.1) is 13.0 Å². The van der Waals surface area contributed by atoms with E-state index in [4.69, 9.17) is 14.6 Å². The largest absolute Gasteiger partial charge is 0.481 e. The van der Waals surface area contributed by atoms with Gasteiger partial charge in [-0.15, -0.1) is 0 Å². The monoisotopic (exact) mass is 435 g/mol. The molecule has 0 spiro atoms. The van der Waals surface area contributed by atoms with Gasteiger partial charge >= 0.3 is 12.0 Å². The SMILES string of the molecule is CCOc1nc(OCc2cccc(-c3ccccc3)c2C)ncc1CN[C@@H](C)CC(=O)O. The lowest BCUT2D eigenvalue weighted by molar-refractivity contribution is -0.137. The average Bonchev–Trinajstić information content (AvgIpc) is 2.78. The predicted molar refractivity (Wildman–Crippen MR) is 123 cm³/mol. The van der Waals surface area contributed by atoms with Crippen molar-refractivity contribution in [2.75, 3.05) is 6.61 Å². The van der Waals surface area contributed by atoms with Crippen molar-refractivity contribution in [1.29, 1.82) is 0 Å². The van der Waals surface area contributed by atoms with Gasteiger partial charge in [-0.25, -0.2) is 4.98 Å². The molecule has 32 heavy (non-hydrogen) atoms. The van der Waals surface area contributed by atoms with Crippen LogP contribution in [0.2, 0.25) is 0 Å². The highest BCUT2D eigenvalue weighted by Gasteiger charge is 2.13. The highest BCUT2D eigenvalue weighted by atomic mass is 16.5. The van der Waals surface area contributed by atoms with Crippen LogP contribution in [0.25, 0.3) is 11.1 Å². The molecule has 7 nitrogen and oxygen atoms in total. The fourth-order valence-electron chi connectivity index (χ4n) is 3.36. The molecule has 1 heterocycles. The molecular formula is C25H29N3O4. The number of aromatic nitrogens is 2. The minimum atomic E-state index is -0.846. The highest BCUT2D eigenvalue weighted by Crippen LogP contribution is 2.26. The fraction of sp³-hybridized carbons (Fsp3) is 0.320. The maximum Gasteiger partial charge on any atom is 0.320 e. The Balaban J connectivity index is 1.70. The van der Waals surface area contributed by atoms with Crippen molar-refractivity contribution in [2.45, 2.75) is 46.4 Å². The first-order valence-corrected chi connectivity index (χ1v) is 10.7. The number of aliphatic carboxylic acids is 1. The second kappa shape index (κ2) is 11.2. The van der Waals surface area contributed by atoms with Crippen LogP contribution in [0.5, 0.6) is 11.9 Å². The highest BCUT2D eigenvalue weighted by molar-refractivity contribution is 5.68. The van der Waals surface area contributed by atoms with Crippen molar-refractivity contribution in [3.05, 3.63) is 71.4 Å². The molecule has 168 valence electrons. The smallest absolute Gasteiger partial charge is 0.320 e.